The largest absolute Gasteiger partial charge is 0.488 e. The highest BCUT2D eigenvalue weighted by molar-refractivity contribution is 5.42. The molecule has 1 fully saturated rings. The monoisotopic (exact) mass is 714 g/mol. The van der Waals surface area contributed by atoms with Crippen molar-refractivity contribution in [2.45, 2.75) is 132 Å². The van der Waals surface area contributed by atoms with Gasteiger partial charge in [0.25, 0.3) is 0 Å². The van der Waals surface area contributed by atoms with Crippen molar-refractivity contribution in [3.63, 3.8) is 0 Å². The van der Waals surface area contributed by atoms with Crippen LogP contribution >= 0.6 is 0 Å². The van der Waals surface area contributed by atoms with Crippen molar-refractivity contribution in [3.8, 4) is 0 Å². The Morgan fingerprint density at radius 3 is 2.65 bits per heavy atom. The van der Waals surface area contributed by atoms with Crippen LogP contribution in [0, 0.1) is 10.8 Å². The molecule has 0 saturated carbocycles. The second-order valence-corrected chi connectivity index (χ2v) is 15.9. The third-order valence-electron chi connectivity index (χ3n) is 12.2. The van der Waals surface area contributed by atoms with Crippen LogP contribution in [0.25, 0.3) is 0 Å². The van der Waals surface area contributed by atoms with Crippen LogP contribution in [-0.4, -0.2) is 79.8 Å². The Morgan fingerprint density at radius 1 is 1.13 bits per heavy atom. The number of likely N-dealkylation sites (N-methyl/N-ethyl adjacent to an activating group) is 1. The average molecular weight is 714 g/mol. The van der Waals surface area contributed by atoms with Gasteiger partial charge in [0.15, 0.2) is 0 Å². The lowest BCUT2D eigenvalue weighted by molar-refractivity contribution is 0.0428. The first-order valence-corrected chi connectivity index (χ1v) is 20.6. The van der Waals surface area contributed by atoms with Gasteiger partial charge in [0, 0.05) is 63.2 Å². The third kappa shape index (κ3) is 12.9. The predicted molar refractivity (Wildman–Crippen MR) is 224 cm³/mol. The van der Waals surface area contributed by atoms with Gasteiger partial charge < -0.3 is 19.3 Å². The zero-order chi connectivity index (χ0) is 38.0. The van der Waals surface area contributed by atoms with Gasteiger partial charge in [-0.1, -0.05) is 77.5 Å². The minimum Gasteiger partial charge on any atom is -0.488 e. The zero-order valence-electron chi connectivity index (χ0n) is 35.0. The summed E-state index contributed by atoms with van der Waals surface area (Å²) in [5, 5.41) is 0. The molecule has 0 aromatic heterocycles. The Balaban J connectivity index is 1.90. The van der Waals surface area contributed by atoms with E-state index in [-0.39, 0.29) is 16.9 Å². The molecular formula is C47H75N3O2. The normalized spacial score (nSPS) is 27.3. The minimum atomic E-state index is 0.0858. The molecule has 2 aliphatic carbocycles. The van der Waals surface area contributed by atoms with Crippen LogP contribution in [0.4, 0.5) is 0 Å². The number of nitrogens with zero attached hydrogens (tertiary/aromatic N) is 3. The van der Waals surface area contributed by atoms with Crippen LogP contribution in [0.5, 0.6) is 0 Å². The smallest absolute Gasteiger partial charge is 0.120 e. The molecule has 5 nitrogen and oxygen atoms in total. The van der Waals surface area contributed by atoms with Gasteiger partial charge in [-0.15, -0.1) is 5.73 Å². The number of hydrogen-bond acceptors (Lipinski definition) is 5. The van der Waals surface area contributed by atoms with Gasteiger partial charge in [0.05, 0.1) is 12.6 Å². The molecule has 0 aromatic carbocycles. The Bertz CT molecular complexity index is 1380. The van der Waals surface area contributed by atoms with E-state index in [1.165, 1.54) is 41.7 Å². The molecule has 290 valence electrons. The van der Waals surface area contributed by atoms with Gasteiger partial charge in [-0.3, -0.25) is 4.90 Å². The predicted octanol–water partition coefficient (Wildman–Crippen LogP) is 11.3. The standard InChI is InChI=1S/C47H75N3O2/c1-11-23-40(24-18-16-17-21-33-49(14-4)39(6)12-2)41-26-22-27-43-45(29-28-41)52-44-30-32-47(9,46(7,8)13-3)31-20-19-25-42(44)38-50(43)35-34-48(10)36-37-51-15-5/h12,17-18,21-23,25-26,28,30,33,43,45H,11,13-15,19-20,24,27,29,31-32,34-38H2,1-10H3/b26-22+,33-21-,39-12-,40-23+,41-28+,42-25+,44-30+/t16?,43-,45?,47-/m1/s1. The molecule has 0 radical (unpaired) electrons. The molecule has 1 aliphatic heterocycles. The highest BCUT2D eigenvalue weighted by Gasteiger charge is 2.40. The van der Waals surface area contributed by atoms with E-state index in [1.807, 2.05) is 6.08 Å². The van der Waals surface area contributed by atoms with Crippen LogP contribution in [0.2, 0.25) is 0 Å². The molecule has 5 heteroatoms. The van der Waals surface area contributed by atoms with Gasteiger partial charge in [-0.25, -0.2) is 0 Å². The number of rotatable bonds is 17. The lowest BCUT2D eigenvalue weighted by Crippen LogP contribution is -2.46. The number of ether oxygens (including phenoxy) is 2. The van der Waals surface area contributed by atoms with Crippen molar-refractivity contribution < 1.29 is 9.47 Å². The van der Waals surface area contributed by atoms with E-state index in [2.05, 4.69) is 151 Å². The van der Waals surface area contributed by atoms with Gasteiger partial charge in [-0.2, -0.15) is 0 Å². The van der Waals surface area contributed by atoms with Gasteiger partial charge in [-0.05, 0) is 126 Å². The summed E-state index contributed by atoms with van der Waals surface area (Å²) in [6, 6.07) is 0.312. The van der Waals surface area contributed by atoms with E-state index >= 15 is 0 Å². The van der Waals surface area contributed by atoms with Gasteiger partial charge >= 0.3 is 0 Å². The maximum Gasteiger partial charge on any atom is 0.120 e. The van der Waals surface area contributed by atoms with Crippen LogP contribution in [0.3, 0.4) is 0 Å². The fourth-order valence-corrected chi connectivity index (χ4v) is 7.59. The average Bonchev–Trinajstić information content (AvgIpc) is 3.20. The Labute approximate surface area is 320 Å². The highest BCUT2D eigenvalue weighted by atomic mass is 16.5. The maximum absolute atomic E-state index is 7.25. The summed E-state index contributed by atoms with van der Waals surface area (Å²) in [5.41, 5.74) is 9.25. The second-order valence-electron chi connectivity index (χ2n) is 15.9. The van der Waals surface area contributed by atoms with Crippen molar-refractivity contribution >= 4 is 0 Å². The van der Waals surface area contributed by atoms with Crippen LogP contribution < -0.4 is 0 Å². The maximum atomic E-state index is 7.25. The summed E-state index contributed by atoms with van der Waals surface area (Å²) in [6.07, 6.45) is 34.8. The first-order chi connectivity index (χ1) is 25.0. The third-order valence-corrected chi connectivity index (χ3v) is 12.2. The Hall–Kier alpha value is -2.82. The summed E-state index contributed by atoms with van der Waals surface area (Å²) in [4.78, 5) is 7.39. The van der Waals surface area contributed by atoms with Crippen molar-refractivity contribution in [2.24, 2.45) is 10.8 Å². The van der Waals surface area contributed by atoms with E-state index < -0.39 is 0 Å². The van der Waals surface area contributed by atoms with E-state index in [1.54, 1.807) is 0 Å². The fourth-order valence-electron chi connectivity index (χ4n) is 7.59. The number of hydrogen-bond donors (Lipinski definition) is 0. The second kappa shape index (κ2) is 22.4. The Kier molecular flexibility index (Phi) is 18.8. The van der Waals surface area contributed by atoms with Crippen molar-refractivity contribution in [3.05, 3.63) is 101 Å². The van der Waals surface area contributed by atoms with E-state index in [9.17, 15) is 0 Å². The molecule has 52 heavy (non-hydrogen) atoms. The van der Waals surface area contributed by atoms with Crippen LogP contribution in [0.1, 0.15) is 120 Å². The Morgan fingerprint density at radius 2 is 1.94 bits per heavy atom. The van der Waals surface area contributed by atoms with Crippen LogP contribution in [-0.2, 0) is 9.47 Å². The summed E-state index contributed by atoms with van der Waals surface area (Å²) < 4.78 is 12.9. The molecule has 1 unspecified atom stereocenters. The molecule has 1 saturated heterocycles. The number of allylic oxidation sites excluding steroid dienone is 10. The van der Waals surface area contributed by atoms with Crippen molar-refractivity contribution in [1.29, 1.82) is 0 Å². The molecule has 0 bridgehead atoms. The lowest BCUT2D eigenvalue weighted by Gasteiger charge is -2.44. The highest BCUT2D eigenvalue weighted by Crippen LogP contribution is 2.49. The van der Waals surface area contributed by atoms with Crippen LogP contribution in [0.15, 0.2) is 101 Å². The van der Waals surface area contributed by atoms with Crippen molar-refractivity contribution in [2.75, 3.05) is 53.0 Å². The summed E-state index contributed by atoms with van der Waals surface area (Å²) in [7, 11) is 2.23. The molecule has 3 atom stereocenters. The lowest BCUT2D eigenvalue weighted by atomic mass is 9.61. The molecule has 0 aromatic rings. The first kappa shape index (κ1) is 43.6. The van der Waals surface area contributed by atoms with Gasteiger partial charge in [0.2, 0.25) is 0 Å². The van der Waals surface area contributed by atoms with E-state index in [0.717, 1.165) is 90.2 Å². The molecule has 3 rings (SSSR count). The molecule has 0 N–H and O–H groups in total. The van der Waals surface area contributed by atoms with Crippen molar-refractivity contribution in [1.82, 2.24) is 14.7 Å². The summed E-state index contributed by atoms with van der Waals surface area (Å²) in [6.45, 7) is 27.0. The fraction of sp³-hybridized carbons (Fsp3) is 0.638. The molecular weight excluding hydrogens is 639 g/mol. The number of fused-ring (bicyclic) bond motifs is 2. The topological polar surface area (TPSA) is 28.2 Å². The SMILES string of the molecule is C/C=C(/C)N(/C=C\C=C=CCC(=C\CC)/C1=C/CC2OC3=C/C[C@](C)(C(C)(C)CC)CCC\C=C\3CN(CCN(C)CCOCC)[C@@H]2C\C=C\1)CC. The van der Waals surface area contributed by atoms with Gasteiger partial charge in [0.1, 0.15) is 11.9 Å². The summed E-state index contributed by atoms with van der Waals surface area (Å²) >= 11 is 0. The quantitative estimate of drug-likeness (QED) is 0.0850. The molecule has 3 aliphatic rings. The molecule has 0 spiro atoms. The zero-order valence-corrected chi connectivity index (χ0v) is 35.0. The minimum absolute atomic E-state index is 0.0858. The van der Waals surface area contributed by atoms with E-state index in [4.69, 9.17) is 9.47 Å². The summed E-state index contributed by atoms with van der Waals surface area (Å²) in [5.74, 6) is 1.14. The van der Waals surface area contributed by atoms with E-state index in [0.29, 0.717) is 6.04 Å². The first-order valence-electron chi connectivity index (χ1n) is 20.6. The molecule has 0 amide bonds. The molecule has 1 heterocycles.